The minimum Gasteiger partial charge on any atom is -0.295 e. The molecule has 0 spiro atoms. The van der Waals surface area contributed by atoms with Crippen LogP contribution in [0.3, 0.4) is 0 Å². The molecular weight excluding hydrogens is 268 g/mol. The zero-order chi connectivity index (χ0) is 11.7. The summed E-state index contributed by atoms with van der Waals surface area (Å²) >= 11 is 3.59. The number of hydrogen-bond donors (Lipinski definition) is 0. The van der Waals surface area contributed by atoms with Crippen molar-refractivity contribution in [1.82, 2.24) is 9.78 Å². The van der Waals surface area contributed by atoms with Crippen molar-refractivity contribution in [3.8, 4) is 0 Å². The average Bonchev–Trinajstić information content (AvgIpc) is 2.77. The van der Waals surface area contributed by atoms with Crippen molar-refractivity contribution >= 4 is 21.7 Å². The molecule has 3 nitrogen and oxygen atoms in total. The summed E-state index contributed by atoms with van der Waals surface area (Å²) in [5.41, 5.74) is 3.47. The highest BCUT2D eigenvalue weighted by Crippen LogP contribution is 2.27. The molecule has 2 rings (SSSR count). The van der Waals surface area contributed by atoms with Gasteiger partial charge in [0.1, 0.15) is 0 Å². The molecule has 0 radical (unpaired) electrons. The molecule has 16 heavy (non-hydrogen) atoms. The Labute approximate surface area is 104 Å². The summed E-state index contributed by atoms with van der Waals surface area (Å²) in [6, 6.07) is 0. The minimum atomic E-state index is 0.254. The van der Waals surface area contributed by atoms with Gasteiger partial charge in [-0.25, -0.2) is 0 Å². The van der Waals surface area contributed by atoms with Crippen molar-refractivity contribution in [3.05, 3.63) is 27.5 Å². The van der Waals surface area contributed by atoms with Gasteiger partial charge in [-0.1, -0.05) is 12.5 Å². The van der Waals surface area contributed by atoms with Crippen LogP contribution in [0.4, 0.5) is 0 Å². The molecule has 1 aromatic heterocycles. The van der Waals surface area contributed by atoms with Crippen LogP contribution in [0.15, 0.2) is 16.1 Å². The lowest BCUT2D eigenvalue weighted by atomic mass is 10.1. The highest BCUT2D eigenvalue weighted by Gasteiger charge is 2.17. The number of aromatic nitrogens is 2. The molecular formula is C12H15BrN2O. The number of halogens is 1. The second-order valence-electron chi connectivity index (χ2n) is 4.13. The Balaban J connectivity index is 2.24. The first-order valence-corrected chi connectivity index (χ1v) is 6.33. The first-order chi connectivity index (χ1) is 7.61. The third-order valence-electron chi connectivity index (χ3n) is 2.96. The van der Waals surface area contributed by atoms with E-state index in [0.717, 1.165) is 35.1 Å². The van der Waals surface area contributed by atoms with Crippen LogP contribution in [0.1, 0.15) is 31.2 Å². The molecule has 0 amide bonds. The zero-order valence-electron chi connectivity index (χ0n) is 9.59. The monoisotopic (exact) mass is 282 g/mol. The van der Waals surface area contributed by atoms with E-state index in [1.165, 1.54) is 5.57 Å². The third-order valence-corrected chi connectivity index (χ3v) is 3.87. The largest absolute Gasteiger partial charge is 0.295 e. The summed E-state index contributed by atoms with van der Waals surface area (Å²) in [7, 11) is 1.95. The molecule has 86 valence electrons. The molecule has 0 aliphatic heterocycles. The Bertz CT molecular complexity index is 460. The lowest BCUT2D eigenvalue weighted by molar-refractivity contribution is -0.114. The average molecular weight is 283 g/mol. The molecule has 0 aromatic carbocycles. The van der Waals surface area contributed by atoms with Crippen LogP contribution < -0.4 is 0 Å². The van der Waals surface area contributed by atoms with Crippen LogP contribution in [-0.4, -0.2) is 15.6 Å². The van der Waals surface area contributed by atoms with Gasteiger partial charge in [0.25, 0.3) is 0 Å². The minimum absolute atomic E-state index is 0.254. The number of nitrogens with zero attached hydrogens (tertiary/aromatic N) is 2. The SMILES string of the molecule is CCc1nn(C)c(CC2=CC(=O)CC2)c1Br. The standard InChI is InChI=1S/C12H15BrN2O/c1-3-10-12(13)11(15(2)14-10)7-8-4-5-9(16)6-8/h6H,3-5,7H2,1-2H3. The van der Waals surface area contributed by atoms with Gasteiger partial charge in [0, 0.05) is 19.9 Å². The van der Waals surface area contributed by atoms with Gasteiger partial charge in [0.15, 0.2) is 5.78 Å². The Hall–Kier alpha value is -0.900. The van der Waals surface area contributed by atoms with Crippen molar-refractivity contribution in [3.63, 3.8) is 0 Å². The molecule has 1 aliphatic rings. The molecule has 0 saturated carbocycles. The second-order valence-corrected chi connectivity index (χ2v) is 4.92. The summed E-state index contributed by atoms with van der Waals surface area (Å²) in [6.45, 7) is 2.09. The van der Waals surface area contributed by atoms with Crippen molar-refractivity contribution < 1.29 is 4.79 Å². The van der Waals surface area contributed by atoms with Crippen molar-refractivity contribution in [2.75, 3.05) is 0 Å². The molecule has 0 N–H and O–H groups in total. The molecule has 0 bridgehead atoms. The smallest absolute Gasteiger partial charge is 0.155 e. The summed E-state index contributed by atoms with van der Waals surface area (Å²) in [5, 5.41) is 4.45. The van der Waals surface area contributed by atoms with Crippen molar-refractivity contribution in [1.29, 1.82) is 0 Å². The predicted octanol–water partition coefficient (Wildman–Crippen LogP) is 2.58. The van der Waals surface area contributed by atoms with Crippen molar-refractivity contribution in [2.24, 2.45) is 7.05 Å². The maximum atomic E-state index is 11.2. The number of rotatable bonds is 3. The van der Waals surface area contributed by atoms with E-state index in [2.05, 4.69) is 28.0 Å². The first kappa shape index (κ1) is 11.6. The fraction of sp³-hybridized carbons (Fsp3) is 0.500. The van der Waals surface area contributed by atoms with Crippen LogP contribution in [0.5, 0.6) is 0 Å². The van der Waals surface area contributed by atoms with Gasteiger partial charge in [-0.15, -0.1) is 0 Å². The van der Waals surface area contributed by atoms with Gasteiger partial charge in [-0.2, -0.15) is 5.10 Å². The Morgan fingerprint density at radius 2 is 2.25 bits per heavy atom. The molecule has 0 saturated heterocycles. The maximum Gasteiger partial charge on any atom is 0.155 e. The van der Waals surface area contributed by atoms with Gasteiger partial charge in [-0.3, -0.25) is 9.48 Å². The Kier molecular flexibility index (Phi) is 3.28. The fourth-order valence-electron chi connectivity index (χ4n) is 2.02. The predicted molar refractivity (Wildman–Crippen MR) is 66.3 cm³/mol. The highest BCUT2D eigenvalue weighted by atomic mass is 79.9. The first-order valence-electron chi connectivity index (χ1n) is 5.54. The van der Waals surface area contributed by atoms with Gasteiger partial charge in [-0.05, 0) is 34.8 Å². The quantitative estimate of drug-likeness (QED) is 0.854. The number of allylic oxidation sites excluding steroid dienone is 2. The molecule has 4 heteroatoms. The fourth-order valence-corrected chi connectivity index (χ4v) is 2.78. The Morgan fingerprint density at radius 1 is 1.50 bits per heavy atom. The highest BCUT2D eigenvalue weighted by molar-refractivity contribution is 9.10. The van der Waals surface area contributed by atoms with E-state index in [1.807, 2.05) is 11.7 Å². The van der Waals surface area contributed by atoms with Crippen LogP contribution in [0.25, 0.3) is 0 Å². The molecule has 0 atom stereocenters. The normalized spacial score (nSPS) is 15.7. The van der Waals surface area contributed by atoms with Gasteiger partial charge in [0.2, 0.25) is 0 Å². The second kappa shape index (κ2) is 4.53. The number of ketones is 1. The van der Waals surface area contributed by atoms with E-state index in [-0.39, 0.29) is 5.78 Å². The van der Waals surface area contributed by atoms with Crippen LogP contribution in [0.2, 0.25) is 0 Å². The maximum absolute atomic E-state index is 11.2. The number of carbonyl (C=O) groups excluding carboxylic acids is 1. The van der Waals surface area contributed by atoms with Gasteiger partial charge >= 0.3 is 0 Å². The van der Waals surface area contributed by atoms with Crippen LogP contribution >= 0.6 is 15.9 Å². The number of hydrogen-bond acceptors (Lipinski definition) is 2. The van der Waals surface area contributed by atoms with E-state index in [4.69, 9.17) is 0 Å². The van der Waals surface area contributed by atoms with Gasteiger partial charge < -0.3 is 0 Å². The summed E-state index contributed by atoms with van der Waals surface area (Å²) in [6.07, 6.45) is 5.11. The van der Waals surface area contributed by atoms with E-state index in [1.54, 1.807) is 6.08 Å². The van der Waals surface area contributed by atoms with E-state index in [0.29, 0.717) is 6.42 Å². The molecule has 0 fully saturated rings. The van der Waals surface area contributed by atoms with E-state index < -0.39 is 0 Å². The summed E-state index contributed by atoms with van der Waals surface area (Å²) < 4.78 is 3.00. The van der Waals surface area contributed by atoms with Crippen LogP contribution in [0, 0.1) is 0 Å². The van der Waals surface area contributed by atoms with Crippen molar-refractivity contribution in [2.45, 2.75) is 32.6 Å². The molecule has 1 aliphatic carbocycles. The lowest BCUT2D eigenvalue weighted by Gasteiger charge is -2.03. The third kappa shape index (κ3) is 2.12. The number of carbonyl (C=O) groups is 1. The van der Waals surface area contributed by atoms with E-state index >= 15 is 0 Å². The van der Waals surface area contributed by atoms with Crippen LogP contribution in [-0.2, 0) is 24.7 Å². The summed E-state index contributed by atoms with van der Waals surface area (Å²) in [5.74, 6) is 0.254. The van der Waals surface area contributed by atoms with E-state index in [9.17, 15) is 4.79 Å². The Morgan fingerprint density at radius 3 is 2.75 bits per heavy atom. The molecule has 1 heterocycles. The molecule has 1 aromatic rings. The summed E-state index contributed by atoms with van der Waals surface area (Å²) in [4.78, 5) is 11.2. The van der Waals surface area contributed by atoms with Gasteiger partial charge in [0.05, 0.1) is 15.9 Å². The lowest BCUT2D eigenvalue weighted by Crippen LogP contribution is -1.99. The topological polar surface area (TPSA) is 34.9 Å². The number of aryl methyl sites for hydroxylation is 2. The zero-order valence-corrected chi connectivity index (χ0v) is 11.2. The molecule has 0 unspecified atom stereocenters.